The van der Waals surface area contributed by atoms with E-state index in [0.717, 1.165) is 47.1 Å². The SMILES string of the molecule is COc1ccc(CN=C2CC(C)Cc3cc4c(cc32)OCO4)c(OC)c1. The predicted molar refractivity (Wildman–Crippen MR) is 99.8 cm³/mol. The molecule has 1 atom stereocenters. The molecule has 1 unspecified atom stereocenters. The Bertz CT molecular complexity index is 859. The van der Waals surface area contributed by atoms with Gasteiger partial charge in [0.25, 0.3) is 0 Å². The summed E-state index contributed by atoms with van der Waals surface area (Å²) in [5.74, 6) is 3.78. The van der Waals surface area contributed by atoms with Crippen molar-refractivity contribution in [2.24, 2.45) is 10.9 Å². The fourth-order valence-corrected chi connectivity index (χ4v) is 3.62. The third kappa shape index (κ3) is 3.09. The van der Waals surface area contributed by atoms with Gasteiger partial charge in [0.2, 0.25) is 6.79 Å². The van der Waals surface area contributed by atoms with Crippen molar-refractivity contribution in [3.63, 3.8) is 0 Å². The normalized spacial score (nSPS) is 19.3. The van der Waals surface area contributed by atoms with Gasteiger partial charge in [0, 0.05) is 22.9 Å². The molecular formula is C21H23NO4. The number of benzene rings is 2. The van der Waals surface area contributed by atoms with E-state index < -0.39 is 0 Å². The van der Waals surface area contributed by atoms with Crippen LogP contribution in [0.5, 0.6) is 23.0 Å². The van der Waals surface area contributed by atoms with Crippen molar-refractivity contribution >= 4 is 5.71 Å². The lowest BCUT2D eigenvalue weighted by atomic mass is 9.83. The number of rotatable bonds is 4. The molecule has 0 saturated carbocycles. The Labute approximate surface area is 153 Å². The van der Waals surface area contributed by atoms with Crippen LogP contribution in [-0.2, 0) is 13.0 Å². The molecule has 0 bridgehead atoms. The molecule has 0 amide bonds. The first-order valence-corrected chi connectivity index (χ1v) is 8.85. The molecule has 1 aliphatic carbocycles. The zero-order valence-electron chi connectivity index (χ0n) is 15.4. The summed E-state index contributed by atoms with van der Waals surface area (Å²) in [7, 11) is 3.32. The van der Waals surface area contributed by atoms with Gasteiger partial charge in [0.15, 0.2) is 11.5 Å². The van der Waals surface area contributed by atoms with Crippen LogP contribution in [0.2, 0.25) is 0 Å². The van der Waals surface area contributed by atoms with Gasteiger partial charge in [0.05, 0.1) is 20.8 Å². The molecule has 0 spiro atoms. The van der Waals surface area contributed by atoms with Gasteiger partial charge in [-0.2, -0.15) is 0 Å². The largest absolute Gasteiger partial charge is 0.497 e. The predicted octanol–water partition coefficient (Wildman–Crippen LogP) is 4.00. The van der Waals surface area contributed by atoms with Crippen molar-refractivity contribution in [2.45, 2.75) is 26.3 Å². The summed E-state index contributed by atoms with van der Waals surface area (Å²) in [5, 5.41) is 0. The van der Waals surface area contributed by atoms with Gasteiger partial charge in [-0.15, -0.1) is 0 Å². The zero-order valence-corrected chi connectivity index (χ0v) is 15.4. The number of hydrogen-bond acceptors (Lipinski definition) is 5. The quantitative estimate of drug-likeness (QED) is 0.833. The van der Waals surface area contributed by atoms with E-state index in [1.165, 1.54) is 11.1 Å². The van der Waals surface area contributed by atoms with Gasteiger partial charge in [0.1, 0.15) is 11.5 Å². The minimum absolute atomic E-state index is 0.295. The molecule has 0 fully saturated rings. The van der Waals surface area contributed by atoms with Gasteiger partial charge in [-0.05, 0) is 48.6 Å². The molecule has 1 aliphatic heterocycles. The second kappa shape index (κ2) is 6.90. The first-order chi connectivity index (χ1) is 12.7. The monoisotopic (exact) mass is 353 g/mol. The minimum atomic E-state index is 0.295. The maximum Gasteiger partial charge on any atom is 0.231 e. The number of hydrogen-bond donors (Lipinski definition) is 0. The summed E-state index contributed by atoms with van der Waals surface area (Å²) in [6.07, 6.45) is 2.00. The molecule has 5 nitrogen and oxygen atoms in total. The molecule has 0 N–H and O–H groups in total. The van der Waals surface area contributed by atoms with Crippen molar-refractivity contribution in [3.8, 4) is 23.0 Å². The first kappa shape index (κ1) is 16.8. The zero-order chi connectivity index (χ0) is 18.1. The lowest BCUT2D eigenvalue weighted by Gasteiger charge is -2.24. The highest BCUT2D eigenvalue weighted by Gasteiger charge is 2.25. The molecule has 2 aliphatic rings. The maximum atomic E-state index is 5.55. The van der Waals surface area contributed by atoms with Crippen LogP contribution in [0, 0.1) is 5.92 Å². The molecule has 4 rings (SSSR count). The highest BCUT2D eigenvalue weighted by Crippen LogP contribution is 2.38. The fourth-order valence-electron chi connectivity index (χ4n) is 3.62. The molecule has 26 heavy (non-hydrogen) atoms. The Balaban J connectivity index is 1.66. The van der Waals surface area contributed by atoms with Gasteiger partial charge in [-0.1, -0.05) is 6.92 Å². The molecule has 5 heteroatoms. The number of fused-ring (bicyclic) bond motifs is 2. The Morgan fingerprint density at radius 1 is 1.04 bits per heavy atom. The Morgan fingerprint density at radius 2 is 1.85 bits per heavy atom. The van der Waals surface area contributed by atoms with E-state index >= 15 is 0 Å². The molecule has 2 aromatic carbocycles. The van der Waals surface area contributed by atoms with Crippen LogP contribution in [0.25, 0.3) is 0 Å². The second-order valence-corrected chi connectivity index (χ2v) is 6.82. The highest BCUT2D eigenvalue weighted by atomic mass is 16.7. The third-order valence-electron chi connectivity index (χ3n) is 4.95. The van der Waals surface area contributed by atoms with Crippen LogP contribution in [0.15, 0.2) is 35.3 Å². The second-order valence-electron chi connectivity index (χ2n) is 6.82. The van der Waals surface area contributed by atoms with Crippen LogP contribution < -0.4 is 18.9 Å². The van der Waals surface area contributed by atoms with Crippen LogP contribution in [0.1, 0.15) is 30.0 Å². The molecule has 2 aromatic rings. The smallest absolute Gasteiger partial charge is 0.231 e. The van der Waals surface area contributed by atoms with E-state index in [2.05, 4.69) is 19.1 Å². The topological polar surface area (TPSA) is 49.3 Å². The Hall–Kier alpha value is -2.69. The summed E-state index contributed by atoms with van der Waals surface area (Å²) < 4.78 is 21.8. The lowest BCUT2D eigenvalue weighted by Crippen LogP contribution is -2.19. The van der Waals surface area contributed by atoms with E-state index in [1.807, 2.05) is 18.2 Å². The average Bonchev–Trinajstić information content (AvgIpc) is 3.11. The van der Waals surface area contributed by atoms with E-state index in [-0.39, 0.29) is 0 Å². The van der Waals surface area contributed by atoms with Crippen LogP contribution in [0.4, 0.5) is 0 Å². The number of ether oxygens (including phenoxy) is 4. The summed E-state index contributed by atoms with van der Waals surface area (Å²) in [6, 6.07) is 10.0. The van der Waals surface area contributed by atoms with Crippen LogP contribution in [0.3, 0.4) is 0 Å². The summed E-state index contributed by atoms with van der Waals surface area (Å²) >= 11 is 0. The average molecular weight is 353 g/mol. The molecule has 0 aromatic heterocycles. The van der Waals surface area contributed by atoms with Crippen molar-refractivity contribution < 1.29 is 18.9 Å². The molecular weight excluding hydrogens is 330 g/mol. The fraction of sp³-hybridized carbons (Fsp3) is 0.381. The Morgan fingerprint density at radius 3 is 2.62 bits per heavy atom. The van der Waals surface area contributed by atoms with Crippen molar-refractivity contribution in [1.82, 2.24) is 0 Å². The maximum absolute atomic E-state index is 5.55. The standard InChI is InChI=1S/C21H23NO4/c1-13-6-15-8-20-21(26-12-25-20)10-17(15)18(7-13)22-11-14-4-5-16(23-2)9-19(14)24-3/h4-5,8-10,13H,6-7,11-12H2,1-3H3. The van der Waals surface area contributed by atoms with Crippen molar-refractivity contribution in [2.75, 3.05) is 21.0 Å². The Kier molecular flexibility index (Phi) is 4.45. The van der Waals surface area contributed by atoms with E-state index in [1.54, 1.807) is 14.2 Å². The minimum Gasteiger partial charge on any atom is -0.497 e. The van der Waals surface area contributed by atoms with E-state index in [9.17, 15) is 0 Å². The van der Waals surface area contributed by atoms with Gasteiger partial charge in [-0.3, -0.25) is 4.99 Å². The summed E-state index contributed by atoms with van der Waals surface area (Å²) in [6.45, 7) is 3.13. The summed E-state index contributed by atoms with van der Waals surface area (Å²) in [4.78, 5) is 4.93. The molecule has 0 radical (unpaired) electrons. The number of methoxy groups -OCH3 is 2. The van der Waals surface area contributed by atoms with Gasteiger partial charge >= 0.3 is 0 Å². The third-order valence-corrected chi connectivity index (χ3v) is 4.95. The van der Waals surface area contributed by atoms with Crippen molar-refractivity contribution in [1.29, 1.82) is 0 Å². The van der Waals surface area contributed by atoms with Crippen LogP contribution >= 0.6 is 0 Å². The lowest BCUT2D eigenvalue weighted by molar-refractivity contribution is 0.174. The molecule has 0 saturated heterocycles. The van der Waals surface area contributed by atoms with Gasteiger partial charge < -0.3 is 18.9 Å². The van der Waals surface area contributed by atoms with Crippen LogP contribution in [-0.4, -0.2) is 26.7 Å². The number of nitrogens with zero attached hydrogens (tertiary/aromatic N) is 1. The van der Waals surface area contributed by atoms with Crippen molar-refractivity contribution in [3.05, 3.63) is 47.0 Å². The molecule has 136 valence electrons. The molecule has 1 heterocycles. The first-order valence-electron chi connectivity index (χ1n) is 8.85. The summed E-state index contributed by atoms with van der Waals surface area (Å²) in [5.41, 5.74) is 4.63. The van der Waals surface area contributed by atoms with E-state index in [0.29, 0.717) is 19.3 Å². The van der Waals surface area contributed by atoms with Gasteiger partial charge in [-0.25, -0.2) is 0 Å². The highest BCUT2D eigenvalue weighted by molar-refractivity contribution is 6.03. The number of aliphatic imine (C=N–C) groups is 1. The van der Waals surface area contributed by atoms with E-state index in [4.69, 9.17) is 23.9 Å².